The molecule has 0 saturated heterocycles. The van der Waals surface area contributed by atoms with Gasteiger partial charge in [-0.1, -0.05) is 18.2 Å². The minimum atomic E-state index is -0.749. The Morgan fingerprint density at radius 1 is 1.10 bits per heavy atom. The molecule has 4 nitrogen and oxygen atoms in total. The van der Waals surface area contributed by atoms with E-state index in [1.807, 2.05) is 44.2 Å². The molecule has 0 aromatic heterocycles. The van der Waals surface area contributed by atoms with Crippen molar-refractivity contribution >= 4 is 5.97 Å². The van der Waals surface area contributed by atoms with Crippen LogP contribution in [-0.2, 0) is 4.79 Å². The highest BCUT2D eigenvalue weighted by Gasteiger charge is 2.29. The zero-order chi connectivity index (χ0) is 14.8. The summed E-state index contributed by atoms with van der Waals surface area (Å²) in [6, 6.07) is 12.9. The van der Waals surface area contributed by atoms with Gasteiger partial charge in [-0.2, -0.15) is 0 Å². The Hall–Kier alpha value is -2.49. The predicted octanol–water partition coefficient (Wildman–Crippen LogP) is 3.05. The fourth-order valence-corrected chi connectivity index (χ4v) is 2.31. The van der Waals surface area contributed by atoms with E-state index in [-0.39, 0.29) is 6.61 Å². The number of esters is 1. The third kappa shape index (κ3) is 2.99. The Bertz CT molecular complexity index is 658. The first-order chi connectivity index (χ1) is 10.1. The summed E-state index contributed by atoms with van der Waals surface area (Å²) in [5.41, 5.74) is 2.09. The summed E-state index contributed by atoms with van der Waals surface area (Å²) in [6.07, 6.45) is -0.749. The Morgan fingerprint density at radius 3 is 2.48 bits per heavy atom. The molecular formula is C17H16O4. The smallest absolute Gasteiger partial charge is 0.356 e. The number of rotatable bonds is 2. The number of hydrogen-bond donors (Lipinski definition) is 0. The second-order valence-electron chi connectivity index (χ2n) is 5.11. The first-order valence-electron chi connectivity index (χ1n) is 6.80. The summed E-state index contributed by atoms with van der Waals surface area (Å²) in [6.45, 7) is 4.07. The summed E-state index contributed by atoms with van der Waals surface area (Å²) in [4.78, 5) is 12.2. The molecule has 1 atom stereocenters. The normalized spacial score (nSPS) is 16.4. The molecule has 1 aliphatic heterocycles. The standard InChI is InChI=1S/C17H16O4/c1-11-7-12(2)9-13(8-11)20-17(18)16-10-19-14-5-3-4-6-15(14)21-16/h3-9,16H,10H2,1-2H3. The highest BCUT2D eigenvalue weighted by molar-refractivity contribution is 5.78. The number of hydrogen-bond acceptors (Lipinski definition) is 4. The lowest BCUT2D eigenvalue weighted by molar-refractivity contribution is -0.144. The highest BCUT2D eigenvalue weighted by atomic mass is 16.6. The topological polar surface area (TPSA) is 44.8 Å². The van der Waals surface area contributed by atoms with Gasteiger partial charge in [0.1, 0.15) is 12.4 Å². The maximum absolute atomic E-state index is 12.2. The summed E-state index contributed by atoms with van der Waals surface area (Å²) in [7, 11) is 0. The second kappa shape index (κ2) is 5.48. The number of carbonyl (C=O) groups excluding carboxylic acids is 1. The van der Waals surface area contributed by atoms with E-state index in [9.17, 15) is 4.79 Å². The third-order valence-corrected chi connectivity index (χ3v) is 3.19. The van der Waals surface area contributed by atoms with E-state index in [1.165, 1.54) is 0 Å². The Labute approximate surface area is 123 Å². The van der Waals surface area contributed by atoms with Crippen molar-refractivity contribution < 1.29 is 19.0 Å². The van der Waals surface area contributed by atoms with Crippen LogP contribution in [0.2, 0.25) is 0 Å². The van der Waals surface area contributed by atoms with Gasteiger partial charge in [-0.15, -0.1) is 0 Å². The Balaban J connectivity index is 1.72. The van der Waals surface area contributed by atoms with Crippen LogP contribution >= 0.6 is 0 Å². The molecule has 0 fully saturated rings. The summed E-state index contributed by atoms with van der Waals surface area (Å²) < 4.78 is 16.5. The molecule has 2 aromatic carbocycles. The van der Waals surface area contributed by atoms with Crippen LogP contribution in [0.15, 0.2) is 42.5 Å². The van der Waals surface area contributed by atoms with Crippen LogP contribution in [0, 0.1) is 13.8 Å². The van der Waals surface area contributed by atoms with Crippen molar-refractivity contribution in [1.82, 2.24) is 0 Å². The van der Waals surface area contributed by atoms with Crippen molar-refractivity contribution in [3.8, 4) is 17.2 Å². The lowest BCUT2D eigenvalue weighted by Gasteiger charge is -2.24. The van der Waals surface area contributed by atoms with Crippen molar-refractivity contribution in [3.05, 3.63) is 53.6 Å². The van der Waals surface area contributed by atoms with Gasteiger partial charge in [-0.3, -0.25) is 0 Å². The number of aryl methyl sites for hydroxylation is 2. The fourth-order valence-electron chi connectivity index (χ4n) is 2.31. The molecule has 108 valence electrons. The van der Waals surface area contributed by atoms with E-state index in [0.717, 1.165) is 11.1 Å². The van der Waals surface area contributed by atoms with Gasteiger partial charge in [0.25, 0.3) is 0 Å². The Kier molecular flexibility index (Phi) is 3.52. The molecule has 3 rings (SSSR count). The summed E-state index contributed by atoms with van der Waals surface area (Å²) >= 11 is 0. The SMILES string of the molecule is Cc1cc(C)cc(OC(=O)C2COc3ccccc3O2)c1. The van der Waals surface area contributed by atoms with Gasteiger partial charge in [0.2, 0.25) is 6.10 Å². The lowest BCUT2D eigenvalue weighted by Crippen LogP contribution is -2.39. The molecule has 0 aliphatic carbocycles. The van der Waals surface area contributed by atoms with E-state index < -0.39 is 12.1 Å². The van der Waals surface area contributed by atoms with Gasteiger partial charge in [0, 0.05) is 0 Å². The fraction of sp³-hybridized carbons (Fsp3) is 0.235. The molecule has 21 heavy (non-hydrogen) atoms. The van der Waals surface area contributed by atoms with Gasteiger partial charge < -0.3 is 14.2 Å². The van der Waals surface area contributed by atoms with E-state index in [1.54, 1.807) is 12.1 Å². The van der Waals surface area contributed by atoms with Crippen LogP contribution in [0.25, 0.3) is 0 Å². The Morgan fingerprint density at radius 2 is 1.76 bits per heavy atom. The molecule has 1 heterocycles. The van der Waals surface area contributed by atoms with Crippen LogP contribution < -0.4 is 14.2 Å². The van der Waals surface area contributed by atoms with Gasteiger partial charge in [0.15, 0.2) is 11.5 Å². The van der Waals surface area contributed by atoms with Gasteiger partial charge in [-0.25, -0.2) is 4.79 Å². The molecule has 0 N–H and O–H groups in total. The van der Waals surface area contributed by atoms with Crippen LogP contribution in [-0.4, -0.2) is 18.7 Å². The summed E-state index contributed by atoms with van der Waals surface area (Å²) in [5.74, 6) is 1.29. The van der Waals surface area contributed by atoms with Gasteiger partial charge in [-0.05, 0) is 49.2 Å². The van der Waals surface area contributed by atoms with Crippen molar-refractivity contribution in [2.24, 2.45) is 0 Å². The number of carbonyl (C=O) groups is 1. The number of benzene rings is 2. The van der Waals surface area contributed by atoms with Crippen LogP contribution in [0.4, 0.5) is 0 Å². The largest absolute Gasteiger partial charge is 0.485 e. The molecule has 0 spiro atoms. The van der Waals surface area contributed by atoms with E-state index in [4.69, 9.17) is 14.2 Å². The minimum absolute atomic E-state index is 0.153. The van der Waals surface area contributed by atoms with Crippen molar-refractivity contribution in [2.45, 2.75) is 20.0 Å². The number of ether oxygens (including phenoxy) is 3. The monoisotopic (exact) mass is 284 g/mol. The van der Waals surface area contributed by atoms with E-state index in [0.29, 0.717) is 17.2 Å². The molecular weight excluding hydrogens is 268 g/mol. The molecule has 1 aliphatic rings. The molecule has 2 aromatic rings. The average Bonchev–Trinajstić information content (AvgIpc) is 2.45. The lowest BCUT2D eigenvalue weighted by atomic mass is 10.1. The maximum atomic E-state index is 12.2. The van der Waals surface area contributed by atoms with Crippen molar-refractivity contribution in [2.75, 3.05) is 6.61 Å². The molecule has 4 heteroatoms. The minimum Gasteiger partial charge on any atom is -0.485 e. The van der Waals surface area contributed by atoms with Crippen LogP contribution in [0.3, 0.4) is 0 Å². The maximum Gasteiger partial charge on any atom is 0.356 e. The predicted molar refractivity (Wildman–Crippen MR) is 77.9 cm³/mol. The molecule has 0 saturated carbocycles. The number of fused-ring (bicyclic) bond motifs is 1. The molecule has 0 bridgehead atoms. The van der Waals surface area contributed by atoms with Crippen molar-refractivity contribution in [3.63, 3.8) is 0 Å². The zero-order valence-corrected chi connectivity index (χ0v) is 12.0. The highest BCUT2D eigenvalue weighted by Crippen LogP contribution is 2.31. The van der Waals surface area contributed by atoms with Gasteiger partial charge in [0.05, 0.1) is 0 Å². The van der Waals surface area contributed by atoms with Crippen LogP contribution in [0.1, 0.15) is 11.1 Å². The van der Waals surface area contributed by atoms with Crippen molar-refractivity contribution in [1.29, 1.82) is 0 Å². The zero-order valence-electron chi connectivity index (χ0n) is 12.0. The molecule has 1 unspecified atom stereocenters. The summed E-state index contributed by atoms with van der Waals surface area (Å²) in [5, 5.41) is 0. The van der Waals surface area contributed by atoms with E-state index in [2.05, 4.69) is 0 Å². The first-order valence-corrected chi connectivity index (χ1v) is 6.80. The first kappa shape index (κ1) is 13.5. The second-order valence-corrected chi connectivity index (χ2v) is 5.11. The van der Waals surface area contributed by atoms with E-state index >= 15 is 0 Å². The quantitative estimate of drug-likeness (QED) is 0.628. The molecule has 0 radical (unpaired) electrons. The van der Waals surface area contributed by atoms with Gasteiger partial charge >= 0.3 is 5.97 Å². The van der Waals surface area contributed by atoms with Crippen LogP contribution in [0.5, 0.6) is 17.2 Å². The number of para-hydroxylation sites is 2. The third-order valence-electron chi connectivity index (χ3n) is 3.19. The average molecular weight is 284 g/mol. The molecule has 0 amide bonds.